The number of benzene rings is 2. The molecule has 0 spiro atoms. The number of alkyl halides is 1. The monoisotopic (exact) mass is 269 g/mol. The number of hydrogen-bond donors (Lipinski definition) is 0. The van der Waals surface area contributed by atoms with Gasteiger partial charge in [0, 0.05) is 12.3 Å². The smallest absolute Gasteiger partial charge is 0.130 e. The molecular weight excluding hydrogens is 258 g/mol. The maximum atomic E-state index is 5.83. The Morgan fingerprint density at radius 2 is 1.68 bits per heavy atom. The predicted octanol–water partition coefficient (Wildman–Crippen LogP) is 4.77. The highest BCUT2D eigenvalue weighted by molar-refractivity contribution is 6.16. The third-order valence-electron chi connectivity index (χ3n) is 2.88. The van der Waals surface area contributed by atoms with Crippen LogP contribution in [0.4, 0.5) is 0 Å². The zero-order valence-electron chi connectivity index (χ0n) is 10.2. The molecule has 0 bridgehead atoms. The van der Waals surface area contributed by atoms with Gasteiger partial charge in [0.25, 0.3) is 0 Å². The summed E-state index contributed by atoms with van der Waals surface area (Å²) in [5.41, 5.74) is 0.806. The lowest BCUT2D eigenvalue weighted by molar-refractivity contribution is 0.482. The van der Waals surface area contributed by atoms with Gasteiger partial charge < -0.3 is 4.74 Å². The maximum absolute atomic E-state index is 5.83. The fourth-order valence-electron chi connectivity index (χ4n) is 1.96. The van der Waals surface area contributed by atoms with Gasteiger partial charge in [0.15, 0.2) is 0 Å². The van der Waals surface area contributed by atoms with E-state index in [1.807, 2.05) is 42.5 Å². The molecule has 0 unspecified atom stereocenters. The number of rotatable bonds is 3. The lowest BCUT2D eigenvalue weighted by atomic mass is 10.1. The third-order valence-corrected chi connectivity index (χ3v) is 3.16. The van der Waals surface area contributed by atoms with Crippen molar-refractivity contribution in [1.29, 1.82) is 0 Å². The van der Waals surface area contributed by atoms with E-state index in [1.165, 1.54) is 5.39 Å². The van der Waals surface area contributed by atoms with Crippen molar-refractivity contribution in [2.24, 2.45) is 0 Å². The van der Waals surface area contributed by atoms with E-state index in [2.05, 4.69) is 17.1 Å². The number of nitrogens with zero attached hydrogens (tertiary/aromatic N) is 1. The summed E-state index contributed by atoms with van der Waals surface area (Å²) in [5, 5.41) is 2.36. The van der Waals surface area contributed by atoms with Gasteiger partial charge >= 0.3 is 0 Å². The zero-order chi connectivity index (χ0) is 13.1. The minimum Gasteiger partial charge on any atom is -0.457 e. The molecule has 2 nitrogen and oxygen atoms in total. The Morgan fingerprint density at radius 3 is 2.53 bits per heavy atom. The number of hydrogen-bond acceptors (Lipinski definition) is 2. The van der Waals surface area contributed by atoms with Crippen LogP contribution in [0.1, 0.15) is 5.69 Å². The minimum atomic E-state index is 0.384. The first-order valence-corrected chi connectivity index (χ1v) is 6.56. The lowest BCUT2D eigenvalue weighted by Crippen LogP contribution is -1.88. The Labute approximate surface area is 116 Å². The summed E-state index contributed by atoms with van der Waals surface area (Å²) < 4.78 is 5.83. The first kappa shape index (κ1) is 12.0. The molecule has 0 atom stereocenters. The van der Waals surface area contributed by atoms with Crippen LogP contribution in [0.25, 0.3) is 10.8 Å². The second kappa shape index (κ2) is 5.29. The van der Waals surface area contributed by atoms with Crippen molar-refractivity contribution in [1.82, 2.24) is 4.98 Å². The van der Waals surface area contributed by atoms with E-state index in [9.17, 15) is 0 Å². The van der Waals surface area contributed by atoms with E-state index >= 15 is 0 Å². The summed E-state index contributed by atoms with van der Waals surface area (Å²) in [7, 11) is 0. The second-order valence-electron chi connectivity index (χ2n) is 4.23. The predicted molar refractivity (Wildman–Crippen MR) is 77.8 cm³/mol. The molecule has 1 heterocycles. The molecule has 1 aromatic heterocycles. The highest BCUT2D eigenvalue weighted by atomic mass is 35.5. The van der Waals surface area contributed by atoms with Crippen molar-refractivity contribution in [3.8, 4) is 11.5 Å². The topological polar surface area (TPSA) is 22.1 Å². The van der Waals surface area contributed by atoms with Crippen LogP contribution in [0.3, 0.4) is 0 Å². The van der Waals surface area contributed by atoms with Gasteiger partial charge in [-0.1, -0.05) is 30.3 Å². The SMILES string of the molecule is ClCc1cc(Oc2ccc3ccccc3c2)ccn1. The molecule has 2 aromatic carbocycles. The molecule has 3 rings (SSSR count). The molecule has 3 aromatic rings. The Morgan fingerprint density at radius 1 is 0.895 bits per heavy atom. The van der Waals surface area contributed by atoms with E-state index in [-0.39, 0.29) is 0 Å². The van der Waals surface area contributed by atoms with Crippen molar-refractivity contribution in [3.63, 3.8) is 0 Å². The maximum Gasteiger partial charge on any atom is 0.130 e. The molecule has 0 aliphatic rings. The van der Waals surface area contributed by atoms with Crippen molar-refractivity contribution >= 4 is 22.4 Å². The molecule has 19 heavy (non-hydrogen) atoms. The largest absolute Gasteiger partial charge is 0.457 e. The summed E-state index contributed by atoms with van der Waals surface area (Å²) in [6.45, 7) is 0. The molecule has 94 valence electrons. The summed E-state index contributed by atoms with van der Waals surface area (Å²) in [6.07, 6.45) is 1.70. The van der Waals surface area contributed by atoms with Crippen LogP contribution in [0, 0.1) is 0 Å². The quantitative estimate of drug-likeness (QED) is 0.639. The van der Waals surface area contributed by atoms with Crippen LogP contribution in [-0.4, -0.2) is 4.98 Å². The molecule has 0 fully saturated rings. The summed E-state index contributed by atoms with van der Waals surface area (Å²) in [6, 6.07) is 17.9. The van der Waals surface area contributed by atoms with Gasteiger partial charge in [0.2, 0.25) is 0 Å². The number of fused-ring (bicyclic) bond motifs is 1. The number of halogens is 1. The normalized spacial score (nSPS) is 10.6. The van der Waals surface area contributed by atoms with Crippen molar-refractivity contribution < 1.29 is 4.74 Å². The molecule has 0 radical (unpaired) electrons. The highest BCUT2D eigenvalue weighted by Crippen LogP contribution is 2.25. The zero-order valence-corrected chi connectivity index (χ0v) is 11.0. The van der Waals surface area contributed by atoms with Gasteiger partial charge in [-0.15, -0.1) is 11.6 Å². The Balaban J connectivity index is 1.92. The van der Waals surface area contributed by atoms with Gasteiger partial charge in [-0.25, -0.2) is 0 Å². The van der Waals surface area contributed by atoms with E-state index in [0.29, 0.717) is 5.88 Å². The lowest BCUT2D eigenvalue weighted by Gasteiger charge is -2.07. The van der Waals surface area contributed by atoms with Gasteiger partial charge in [-0.3, -0.25) is 4.98 Å². The highest BCUT2D eigenvalue weighted by Gasteiger charge is 2.01. The summed E-state index contributed by atoms with van der Waals surface area (Å²) in [4.78, 5) is 4.14. The van der Waals surface area contributed by atoms with Gasteiger partial charge in [0.05, 0.1) is 11.6 Å². The second-order valence-corrected chi connectivity index (χ2v) is 4.49. The van der Waals surface area contributed by atoms with Crippen molar-refractivity contribution in [2.75, 3.05) is 0 Å². The first-order valence-electron chi connectivity index (χ1n) is 6.03. The molecule has 0 amide bonds. The van der Waals surface area contributed by atoms with Gasteiger partial charge in [0.1, 0.15) is 11.5 Å². The van der Waals surface area contributed by atoms with Crippen LogP contribution in [0.2, 0.25) is 0 Å². The van der Waals surface area contributed by atoms with Crippen molar-refractivity contribution in [3.05, 3.63) is 66.5 Å². The number of aromatic nitrogens is 1. The molecule has 3 heteroatoms. The molecule has 0 saturated heterocycles. The number of pyridine rings is 1. The van der Waals surface area contributed by atoms with Crippen LogP contribution < -0.4 is 4.74 Å². The van der Waals surface area contributed by atoms with Crippen molar-refractivity contribution in [2.45, 2.75) is 5.88 Å². The first-order chi connectivity index (χ1) is 9.35. The molecule has 0 saturated carbocycles. The fourth-order valence-corrected chi connectivity index (χ4v) is 2.11. The Kier molecular flexibility index (Phi) is 3.34. The van der Waals surface area contributed by atoms with E-state index in [0.717, 1.165) is 22.6 Å². The molecule has 0 N–H and O–H groups in total. The van der Waals surface area contributed by atoms with E-state index < -0.39 is 0 Å². The van der Waals surface area contributed by atoms with Crippen LogP contribution in [-0.2, 0) is 5.88 Å². The molecule has 0 aliphatic heterocycles. The van der Waals surface area contributed by atoms with Gasteiger partial charge in [-0.2, -0.15) is 0 Å². The molecular formula is C16H12ClNO. The van der Waals surface area contributed by atoms with E-state index in [4.69, 9.17) is 16.3 Å². The third kappa shape index (κ3) is 2.69. The molecule has 0 aliphatic carbocycles. The average molecular weight is 270 g/mol. The Hall–Kier alpha value is -2.06. The minimum absolute atomic E-state index is 0.384. The van der Waals surface area contributed by atoms with E-state index in [1.54, 1.807) is 6.20 Å². The number of ether oxygens (including phenoxy) is 1. The standard InChI is InChI=1S/C16H12ClNO/c17-11-14-10-16(7-8-18-14)19-15-6-5-12-3-1-2-4-13(12)9-15/h1-10H,11H2. The van der Waals surface area contributed by atoms with Crippen LogP contribution in [0.5, 0.6) is 11.5 Å². The summed E-state index contributed by atoms with van der Waals surface area (Å²) >= 11 is 5.76. The average Bonchev–Trinajstić information content (AvgIpc) is 2.47. The van der Waals surface area contributed by atoms with Crippen LogP contribution >= 0.6 is 11.6 Å². The Bertz CT molecular complexity index is 712. The van der Waals surface area contributed by atoms with Gasteiger partial charge in [-0.05, 0) is 29.0 Å². The fraction of sp³-hybridized carbons (Fsp3) is 0.0625. The summed E-state index contributed by atoms with van der Waals surface area (Å²) in [5.74, 6) is 1.95. The van der Waals surface area contributed by atoms with Crippen LogP contribution in [0.15, 0.2) is 60.8 Å².